The number of rotatable bonds is 17. The summed E-state index contributed by atoms with van der Waals surface area (Å²) in [5.74, 6) is -3.48. The molecule has 3 amide bonds. The van der Waals surface area contributed by atoms with Gasteiger partial charge >= 0.3 is 17.9 Å². The van der Waals surface area contributed by atoms with Crippen molar-refractivity contribution in [2.75, 3.05) is 26.4 Å². The van der Waals surface area contributed by atoms with Crippen LogP contribution in [0.2, 0.25) is 0 Å². The van der Waals surface area contributed by atoms with Crippen molar-refractivity contribution in [2.45, 2.75) is 205 Å². The van der Waals surface area contributed by atoms with Gasteiger partial charge < -0.3 is 59.5 Å². The van der Waals surface area contributed by atoms with Crippen molar-refractivity contribution in [1.82, 2.24) is 70.0 Å². The number of Topliss-reactive ketones (excluding diaryl/α,β-unsaturated/α-hetero) is 2. The fourth-order valence-corrected chi connectivity index (χ4v) is 9.75. The van der Waals surface area contributed by atoms with Crippen LogP contribution in [0, 0.1) is 10.8 Å². The number of aliphatic hydroxyl groups excluding tert-OH is 1. The second-order valence-electron chi connectivity index (χ2n) is 30.8. The van der Waals surface area contributed by atoms with Crippen LogP contribution < -0.4 is 27.1 Å². The number of halogens is 1. The molecule has 0 spiro atoms. The second kappa shape index (κ2) is 41.5. The van der Waals surface area contributed by atoms with Crippen molar-refractivity contribution in [3.63, 3.8) is 0 Å². The van der Waals surface area contributed by atoms with Crippen molar-refractivity contribution in [3.8, 4) is 0 Å². The fraction of sp³-hybridized carbons (Fsp3) is 0.468. The van der Waals surface area contributed by atoms with E-state index >= 15 is 0 Å². The number of H-pyrrole nitrogens is 7. The molecule has 0 aliphatic carbocycles. The molecule has 30 heteroatoms. The maximum absolute atomic E-state index is 12.4. The van der Waals surface area contributed by atoms with Gasteiger partial charge in [0.2, 0.25) is 11.8 Å². The number of esters is 3. The first kappa shape index (κ1) is 94.3. The first-order valence-corrected chi connectivity index (χ1v) is 35.5. The molecule has 1 fully saturated rings. The summed E-state index contributed by atoms with van der Waals surface area (Å²) < 4.78 is 14.2. The normalized spacial score (nSPS) is 13.4. The second-order valence-corrected chi connectivity index (χ2v) is 31.2. The molecular weight excluding hydrogens is 1420 g/mol. The van der Waals surface area contributed by atoms with Gasteiger partial charge in [-0.25, -0.2) is 34.5 Å². The summed E-state index contributed by atoms with van der Waals surface area (Å²) in [6.45, 7) is 51.4. The number of piperazine rings is 1. The van der Waals surface area contributed by atoms with Gasteiger partial charge in [-0.3, -0.25) is 48.1 Å². The fourth-order valence-electron chi connectivity index (χ4n) is 9.41. The largest absolute Gasteiger partial charge is 0.466 e. The summed E-state index contributed by atoms with van der Waals surface area (Å²) >= 11 is 5.65. The molecule has 1 aliphatic rings. The van der Waals surface area contributed by atoms with Gasteiger partial charge in [-0.2, -0.15) is 0 Å². The molecule has 594 valence electrons. The number of allylic oxidation sites excluding steroid dienone is 2. The van der Waals surface area contributed by atoms with Crippen LogP contribution in [0.4, 0.5) is 0 Å². The van der Waals surface area contributed by atoms with E-state index in [1.807, 2.05) is 113 Å². The average molecular weight is 1530 g/mol. The van der Waals surface area contributed by atoms with Crippen molar-refractivity contribution in [1.29, 1.82) is 0 Å². The van der Waals surface area contributed by atoms with E-state index in [4.69, 9.17) is 21.4 Å². The summed E-state index contributed by atoms with van der Waals surface area (Å²) in [6, 6.07) is 9.34. The lowest BCUT2D eigenvalue weighted by Crippen LogP contribution is -2.51. The van der Waals surface area contributed by atoms with Crippen LogP contribution in [0.3, 0.4) is 0 Å². The summed E-state index contributed by atoms with van der Waals surface area (Å²) in [6.07, 6.45) is 16.1. The minimum absolute atomic E-state index is 0.0120. The molecule has 8 rings (SSSR count). The highest BCUT2D eigenvalue weighted by molar-refractivity contribution is 6.41. The number of amides is 3. The van der Waals surface area contributed by atoms with Crippen LogP contribution in [0.15, 0.2) is 103 Å². The van der Waals surface area contributed by atoms with Crippen LogP contribution in [0.25, 0.3) is 18.2 Å². The van der Waals surface area contributed by atoms with Crippen molar-refractivity contribution in [2.24, 2.45) is 10.8 Å². The quantitative estimate of drug-likeness (QED) is 0.00778. The minimum Gasteiger partial charge on any atom is -0.466 e. The van der Waals surface area contributed by atoms with E-state index in [0.29, 0.717) is 36.0 Å². The van der Waals surface area contributed by atoms with Crippen LogP contribution in [0.1, 0.15) is 238 Å². The highest BCUT2D eigenvalue weighted by Crippen LogP contribution is 2.28. The summed E-state index contributed by atoms with van der Waals surface area (Å²) in [5.41, 5.74) is 5.53. The number of hydrogen-bond acceptors (Lipinski definition) is 20. The molecule has 1 aliphatic heterocycles. The van der Waals surface area contributed by atoms with Gasteiger partial charge in [0.05, 0.1) is 92.2 Å². The zero-order valence-electron chi connectivity index (χ0n) is 67.2. The van der Waals surface area contributed by atoms with Gasteiger partial charge in [0.1, 0.15) is 35.1 Å². The van der Waals surface area contributed by atoms with Crippen molar-refractivity contribution in [3.05, 3.63) is 187 Å². The molecule has 9 N–H and O–H groups in total. The number of alkyl halides is 1. The maximum Gasteiger partial charge on any atom is 0.358 e. The number of imide groups is 1. The Bertz CT molecular complexity index is 4530. The highest BCUT2D eigenvalue weighted by Gasteiger charge is 2.36. The molecule has 7 aromatic rings. The van der Waals surface area contributed by atoms with Crippen LogP contribution in [-0.4, -0.2) is 155 Å². The SMILES string of the molecule is C=CC(C)(C)C(=O)C(Cl)C(=O)OCC.C=CC(C)(C)C(=O)CC(=O)OCC.CC(=O)N1CC(=O)N/C(=C\c2nc[nH]c2C(C)(C)C)C1=O.CC(C)(C)c1[nH]cnc1/C=c1\[nH]c(=O)/c(=C/c2ccccc2)[nH]c1=O.CC(C)(C)c1[nH]cnc1C=O.CC(C)(C)c1nc[nH]c1CO.CCOC(=O)c1nc[nH]c1C(C)(C)C. The molecule has 6 aromatic heterocycles. The number of nitrogens with one attached hydrogen (secondary N) is 8. The standard InChI is InChI=1S/C19H20N4O2.C14H18N4O3.C10H15ClO3.C10H16N2O2.C10H16O3.C8H14N2O.C8H12N2O/c1-19(2,3)16-13(20-11-21-16)10-15-18(25)22-14(17(24)23-15)9-12-7-5-4-6-8-12;1-8(19)18-6-11(20)17-10(13(18)21)5-9-12(14(2,3)4)16-7-15-9;1-5-10(3,4)8(12)7(11)9(13)14-6-2;1-5-14-9(13)7-8(10(2,3)4)12-6-11-7;1-5-10(3,4)8(11)7-9(12)13-6-2;2*1-8(2,3)7-6(4-11)9-5-10-7/h4-11H,1-3H3,(H,20,21)(H,22,25)(H,23,24);5,7H,6H2,1-4H3,(H,15,16)(H,17,20);5,7H,1,6H2,2-4H3;6H,5H2,1-4H3,(H,11,12);5H,1,6-7H2,2-4H3;5,11H,4H2,1-3H3,(H,9,10);4-5H,1-3H3,(H,9,10)/b14-9-,15-10-;10-5-;;;;;. The van der Waals surface area contributed by atoms with E-state index in [1.165, 1.54) is 37.8 Å². The van der Waals surface area contributed by atoms with Gasteiger partial charge in [0.25, 0.3) is 17.0 Å². The number of hydrogen-bond donors (Lipinski definition) is 9. The van der Waals surface area contributed by atoms with Crippen molar-refractivity contribution < 1.29 is 62.5 Å². The Kier molecular flexibility index (Phi) is 35.9. The third kappa shape index (κ3) is 29.7. The highest BCUT2D eigenvalue weighted by atomic mass is 35.5. The van der Waals surface area contributed by atoms with E-state index in [9.17, 15) is 52.7 Å². The van der Waals surface area contributed by atoms with Crippen LogP contribution in [-0.2, 0) is 81.5 Å². The number of carbonyl (C=O) groups excluding carboxylic acids is 9. The Morgan fingerprint density at radius 2 is 1.01 bits per heavy atom. The summed E-state index contributed by atoms with van der Waals surface area (Å²) in [4.78, 5) is 168. The van der Waals surface area contributed by atoms with Gasteiger partial charge in [-0.1, -0.05) is 146 Å². The zero-order valence-corrected chi connectivity index (χ0v) is 68.0. The summed E-state index contributed by atoms with van der Waals surface area (Å²) in [5, 5.41) is 10.5. The van der Waals surface area contributed by atoms with Gasteiger partial charge in [-0.15, -0.1) is 24.8 Å². The topological polar surface area (TPSA) is 426 Å². The van der Waals surface area contributed by atoms with E-state index in [-0.39, 0.29) is 92.5 Å². The number of aldehydes is 1. The average Bonchev–Trinajstić information content (AvgIpc) is 1.80. The van der Waals surface area contributed by atoms with E-state index in [0.717, 1.165) is 50.9 Å². The molecule has 1 unspecified atom stereocenters. The first-order chi connectivity index (χ1) is 50.4. The first-order valence-electron chi connectivity index (χ1n) is 35.1. The molecule has 109 heavy (non-hydrogen) atoms. The third-order valence-electron chi connectivity index (χ3n) is 15.6. The Balaban J connectivity index is 0.000000442. The Labute approximate surface area is 641 Å². The van der Waals surface area contributed by atoms with E-state index in [2.05, 4.69) is 109 Å². The van der Waals surface area contributed by atoms with Crippen LogP contribution in [0.5, 0.6) is 0 Å². The predicted molar refractivity (Wildman–Crippen MR) is 418 cm³/mol. The number of ketones is 2. The zero-order chi connectivity index (χ0) is 83.4. The van der Waals surface area contributed by atoms with Crippen LogP contribution >= 0.6 is 11.6 Å². The molecule has 1 saturated heterocycles. The molecule has 0 bridgehead atoms. The molecule has 0 radical (unpaired) electrons. The lowest BCUT2D eigenvalue weighted by Gasteiger charge is -2.25. The van der Waals surface area contributed by atoms with Gasteiger partial charge in [-0.05, 0) is 72.3 Å². The van der Waals surface area contributed by atoms with Crippen molar-refractivity contribution >= 4 is 83.3 Å². The van der Waals surface area contributed by atoms with E-state index in [1.54, 1.807) is 79.6 Å². The number of aromatic amines is 7. The number of nitrogens with zero attached hydrogens (tertiary/aromatic N) is 6. The third-order valence-corrected chi connectivity index (χ3v) is 16.0. The minimum atomic E-state index is -1.25. The Morgan fingerprint density at radius 1 is 0.569 bits per heavy atom. The predicted octanol–water partition coefficient (Wildman–Crippen LogP) is 9.56. The maximum atomic E-state index is 12.4. The molecule has 7 heterocycles. The molecule has 29 nitrogen and oxygen atoms in total. The van der Waals surface area contributed by atoms with Gasteiger partial charge in [0, 0.05) is 56.2 Å². The summed E-state index contributed by atoms with van der Waals surface area (Å²) in [7, 11) is 0. The lowest BCUT2D eigenvalue weighted by molar-refractivity contribution is -0.148. The molecule has 1 atom stereocenters. The Hall–Kier alpha value is -10.8. The molecule has 0 saturated carbocycles. The monoisotopic (exact) mass is 1530 g/mol. The smallest absolute Gasteiger partial charge is 0.358 e. The number of imidazole rings is 5. The van der Waals surface area contributed by atoms with Gasteiger partial charge in [0.15, 0.2) is 28.9 Å². The Morgan fingerprint density at radius 3 is 1.43 bits per heavy atom. The molecular formula is C79H111ClN14O15. The van der Waals surface area contributed by atoms with E-state index < -0.39 is 51.7 Å². The number of aliphatic hydroxyl groups is 1. The number of carbonyl (C=O) groups is 9. The number of benzene rings is 1. The number of ether oxygens (including phenoxy) is 3. The number of aromatic nitrogens is 12. The lowest BCUT2D eigenvalue weighted by atomic mass is 9.86. The molecule has 1 aromatic carbocycles.